The Hall–Kier alpha value is -0.930. The van der Waals surface area contributed by atoms with Gasteiger partial charge in [0.1, 0.15) is 0 Å². The van der Waals surface area contributed by atoms with Crippen LogP contribution in [-0.4, -0.2) is 24.2 Å². The van der Waals surface area contributed by atoms with Gasteiger partial charge in [-0.15, -0.1) is 0 Å². The van der Waals surface area contributed by atoms with E-state index in [1.165, 1.54) is 5.56 Å². The summed E-state index contributed by atoms with van der Waals surface area (Å²) in [5.41, 5.74) is 1.28. The normalized spacial score (nSPS) is 16.8. The molecule has 3 unspecified atom stereocenters. The van der Waals surface area contributed by atoms with Crippen LogP contribution < -0.4 is 5.32 Å². The molecule has 0 amide bonds. The second kappa shape index (κ2) is 6.61. The van der Waals surface area contributed by atoms with E-state index < -0.39 is 0 Å². The number of hydrogen-bond donors (Lipinski definition) is 1. The summed E-state index contributed by atoms with van der Waals surface area (Å²) in [5, 5.41) is 3.58. The van der Waals surface area contributed by atoms with Crippen molar-refractivity contribution in [2.75, 3.05) is 7.11 Å². The maximum Gasteiger partial charge on any atom is 0.0693 e. The summed E-state index contributed by atoms with van der Waals surface area (Å²) in [6.45, 7) is 6.41. The molecular weight excluding hydrogens is 200 g/mol. The number of nitrogens with one attached hydrogen (secondary N) is 1. The van der Waals surface area contributed by atoms with Gasteiger partial charge in [-0.05, 0) is 38.0 Å². The van der Waals surface area contributed by atoms with E-state index in [1.54, 1.807) is 7.11 Å². The van der Waals surface area contributed by atoms with Crippen LogP contribution in [0.1, 0.15) is 38.8 Å². The first-order chi connectivity index (χ1) is 7.69. The summed E-state index contributed by atoms with van der Waals surface area (Å²) in [6, 6.07) is 4.83. The highest BCUT2D eigenvalue weighted by atomic mass is 16.5. The lowest BCUT2D eigenvalue weighted by atomic mass is 10.0. The highest BCUT2D eigenvalue weighted by Crippen LogP contribution is 2.16. The molecule has 1 heterocycles. The van der Waals surface area contributed by atoms with Gasteiger partial charge in [-0.25, -0.2) is 0 Å². The zero-order chi connectivity index (χ0) is 12.0. The molecule has 0 aliphatic heterocycles. The average Bonchev–Trinajstić information content (AvgIpc) is 2.35. The van der Waals surface area contributed by atoms with Gasteiger partial charge in [0.25, 0.3) is 0 Å². The topological polar surface area (TPSA) is 34.1 Å². The molecule has 3 atom stereocenters. The first kappa shape index (κ1) is 13.1. The molecule has 3 heteroatoms. The third-order valence-corrected chi connectivity index (χ3v) is 3.06. The van der Waals surface area contributed by atoms with Crippen molar-refractivity contribution in [2.45, 2.75) is 45.4 Å². The summed E-state index contributed by atoms with van der Waals surface area (Å²) in [5.74, 6) is 0. The summed E-state index contributed by atoms with van der Waals surface area (Å²) in [6.07, 6.45) is 4.95. The molecule has 90 valence electrons. The first-order valence-corrected chi connectivity index (χ1v) is 5.87. The van der Waals surface area contributed by atoms with Crippen LogP contribution in [0, 0.1) is 0 Å². The summed E-state index contributed by atoms with van der Waals surface area (Å²) >= 11 is 0. The van der Waals surface area contributed by atoms with Gasteiger partial charge in [0.05, 0.1) is 6.10 Å². The predicted octanol–water partition coefficient (Wildman–Crippen LogP) is 2.55. The number of pyridine rings is 1. The van der Waals surface area contributed by atoms with Gasteiger partial charge in [-0.2, -0.15) is 0 Å². The highest BCUT2D eigenvalue weighted by molar-refractivity contribution is 5.15. The monoisotopic (exact) mass is 222 g/mol. The molecular formula is C13H22N2O. The Labute approximate surface area is 98.2 Å². The number of ether oxygens (including phenoxy) is 1. The minimum Gasteiger partial charge on any atom is -0.380 e. The van der Waals surface area contributed by atoms with Crippen molar-refractivity contribution in [3.8, 4) is 0 Å². The molecule has 0 saturated heterocycles. The smallest absolute Gasteiger partial charge is 0.0693 e. The van der Waals surface area contributed by atoms with Crippen molar-refractivity contribution < 1.29 is 4.74 Å². The second-order valence-electron chi connectivity index (χ2n) is 4.14. The second-order valence-corrected chi connectivity index (χ2v) is 4.14. The molecule has 1 aromatic heterocycles. The van der Waals surface area contributed by atoms with E-state index in [0.717, 1.165) is 6.42 Å². The SMILES string of the molecule is CCC(NC(C)C(C)OC)c1ccncc1. The number of rotatable bonds is 6. The van der Waals surface area contributed by atoms with Crippen LogP contribution >= 0.6 is 0 Å². The van der Waals surface area contributed by atoms with E-state index in [9.17, 15) is 0 Å². The van der Waals surface area contributed by atoms with E-state index in [4.69, 9.17) is 4.74 Å². The molecule has 0 aliphatic carbocycles. The number of hydrogen-bond acceptors (Lipinski definition) is 3. The third-order valence-electron chi connectivity index (χ3n) is 3.06. The van der Waals surface area contributed by atoms with Crippen molar-refractivity contribution in [1.82, 2.24) is 10.3 Å². The standard InChI is InChI=1S/C13H22N2O/c1-5-13(12-6-8-14-9-7-12)15-10(2)11(3)16-4/h6-11,13,15H,5H2,1-4H3. The van der Waals surface area contributed by atoms with Crippen LogP contribution in [0.3, 0.4) is 0 Å². The molecule has 16 heavy (non-hydrogen) atoms. The van der Waals surface area contributed by atoms with Gasteiger partial charge >= 0.3 is 0 Å². The van der Waals surface area contributed by atoms with E-state index in [1.807, 2.05) is 12.4 Å². The van der Waals surface area contributed by atoms with Crippen molar-refractivity contribution in [2.24, 2.45) is 0 Å². The molecule has 1 aromatic rings. The van der Waals surface area contributed by atoms with Gasteiger partial charge in [0.2, 0.25) is 0 Å². The Balaban J connectivity index is 2.62. The lowest BCUT2D eigenvalue weighted by Gasteiger charge is -2.26. The number of methoxy groups -OCH3 is 1. The van der Waals surface area contributed by atoms with Crippen molar-refractivity contribution in [3.63, 3.8) is 0 Å². The summed E-state index contributed by atoms with van der Waals surface area (Å²) in [7, 11) is 1.75. The molecule has 0 saturated carbocycles. The third kappa shape index (κ3) is 3.58. The molecule has 3 nitrogen and oxygen atoms in total. The number of aromatic nitrogens is 1. The minimum atomic E-state index is 0.218. The van der Waals surface area contributed by atoms with Gasteiger partial charge in [-0.3, -0.25) is 4.98 Å². The predicted molar refractivity (Wildman–Crippen MR) is 66.3 cm³/mol. The fraction of sp³-hybridized carbons (Fsp3) is 0.615. The molecule has 0 radical (unpaired) electrons. The highest BCUT2D eigenvalue weighted by Gasteiger charge is 2.16. The molecule has 1 rings (SSSR count). The van der Waals surface area contributed by atoms with Gasteiger partial charge in [-0.1, -0.05) is 6.92 Å². The number of nitrogens with zero attached hydrogens (tertiary/aromatic N) is 1. The van der Waals surface area contributed by atoms with Crippen molar-refractivity contribution in [1.29, 1.82) is 0 Å². The molecule has 0 spiro atoms. The fourth-order valence-corrected chi connectivity index (χ4v) is 1.70. The molecule has 0 aliphatic rings. The summed E-state index contributed by atoms with van der Waals surface area (Å²) < 4.78 is 5.32. The molecule has 1 N–H and O–H groups in total. The molecule has 0 aromatic carbocycles. The van der Waals surface area contributed by atoms with Crippen molar-refractivity contribution >= 4 is 0 Å². The minimum absolute atomic E-state index is 0.218. The Bertz CT molecular complexity index is 289. The fourth-order valence-electron chi connectivity index (χ4n) is 1.70. The van der Waals surface area contributed by atoms with Crippen LogP contribution in [0.15, 0.2) is 24.5 Å². The van der Waals surface area contributed by atoms with Gasteiger partial charge in [0.15, 0.2) is 0 Å². The van der Waals surface area contributed by atoms with Crippen LogP contribution in [0.5, 0.6) is 0 Å². The maximum absolute atomic E-state index is 5.32. The lowest BCUT2D eigenvalue weighted by molar-refractivity contribution is 0.0841. The van der Waals surface area contributed by atoms with E-state index in [0.29, 0.717) is 12.1 Å². The Kier molecular flexibility index (Phi) is 5.43. The quantitative estimate of drug-likeness (QED) is 0.803. The van der Waals surface area contributed by atoms with Gasteiger partial charge in [0, 0.05) is 31.6 Å². The van der Waals surface area contributed by atoms with Crippen LogP contribution in [0.4, 0.5) is 0 Å². The van der Waals surface area contributed by atoms with Gasteiger partial charge < -0.3 is 10.1 Å². The molecule has 0 fully saturated rings. The average molecular weight is 222 g/mol. The van der Waals surface area contributed by atoms with Crippen molar-refractivity contribution in [3.05, 3.63) is 30.1 Å². The first-order valence-electron chi connectivity index (χ1n) is 5.87. The van der Waals surface area contributed by atoms with E-state index in [-0.39, 0.29) is 6.10 Å². The van der Waals surface area contributed by atoms with E-state index in [2.05, 4.69) is 43.2 Å². The zero-order valence-corrected chi connectivity index (χ0v) is 10.6. The van der Waals surface area contributed by atoms with Crippen LogP contribution in [0.25, 0.3) is 0 Å². The van der Waals surface area contributed by atoms with E-state index >= 15 is 0 Å². The zero-order valence-electron chi connectivity index (χ0n) is 10.6. The van der Waals surface area contributed by atoms with Crippen LogP contribution in [0.2, 0.25) is 0 Å². The molecule has 0 bridgehead atoms. The Morgan fingerprint density at radius 3 is 2.44 bits per heavy atom. The lowest BCUT2D eigenvalue weighted by Crippen LogP contribution is -2.38. The largest absolute Gasteiger partial charge is 0.380 e. The van der Waals surface area contributed by atoms with Crippen LogP contribution in [-0.2, 0) is 4.74 Å². The summed E-state index contributed by atoms with van der Waals surface area (Å²) in [4.78, 5) is 4.04. The Morgan fingerprint density at radius 2 is 1.94 bits per heavy atom. The Morgan fingerprint density at radius 1 is 1.31 bits per heavy atom. The maximum atomic E-state index is 5.32.